The van der Waals surface area contributed by atoms with Crippen LogP contribution in [0.5, 0.6) is 0 Å². The molecule has 14 heteroatoms. The minimum Gasteiger partial charge on any atom is -0.392 e. The van der Waals surface area contributed by atoms with Gasteiger partial charge in [0.15, 0.2) is 17.5 Å². The van der Waals surface area contributed by atoms with Crippen LogP contribution in [0.25, 0.3) is 22.5 Å². The zero-order chi connectivity index (χ0) is 34.9. The summed E-state index contributed by atoms with van der Waals surface area (Å²) < 4.78 is 10.0. The second kappa shape index (κ2) is 12.1. The first-order valence-electron chi connectivity index (χ1n) is 17.1. The van der Waals surface area contributed by atoms with E-state index in [-0.39, 0.29) is 34.1 Å². The lowest BCUT2D eigenvalue weighted by Crippen LogP contribution is -2.63. The predicted molar refractivity (Wildman–Crippen MR) is 189 cm³/mol. The van der Waals surface area contributed by atoms with E-state index in [0.717, 1.165) is 56.2 Å². The molecular weight excluding hydrogens is 636 g/mol. The molecule has 0 saturated carbocycles. The molecule has 0 radical (unpaired) electrons. The van der Waals surface area contributed by atoms with Crippen molar-refractivity contribution in [3.8, 4) is 16.9 Å². The second-order valence-corrected chi connectivity index (χ2v) is 14.8. The summed E-state index contributed by atoms with van der Waals surface area (Å²) in [5, 5.41) is 27.2. The van der Waals surface area contributed by atoms with Gasteiger partial charge in [-0.25, -0.2) is 4.98 Å². The average molecular weight is 679 g/mol. The molecule has 0 spiro atoms. The van der Waals surface area contributed by atoms with Crippen LogP contribution in [0.15, 0.2) is 58.6 Å². The Bertz CT molecular complexity index is 2220. The summed E-state index contributed by atoms with van der Waals surface area (Å²) in [6.45, 7) is 11.8. The fourth-order valence-corrected chi connectivity index (χ4v) is 7.83. The molecule has 2 atom stereocenters. The topological polar surface area (TPSA) is 148 Å². The molecule has 0 bridgehead atoms. The Kier molecular flexibility index (Phi) is 7.84. The summed E-state index contributed by atoms with van der Waals surface area (Å²) in [7, 11) is 1.66. The number of aliphatic hydroxyl groups excluding tert-OH is 1. The van der Waals surface area contributed by atoms with Crippen molar-refractivity contribution in [2.24, 2.45) is 12.5 Å². The maximum Gasteiger partial charge on any atom is 0.297 e. The van der Waals surface area contributed by atoms with Crippen LogP contribution in [0.1, 0.15) is 44.5 Å². The number of anilines is 3. The normalized spacial score (nSPS) is 20.6. The second-order valence-electron chi connectivity index (χ2n) is 14.8. The van der Waals surface area contributed by atoms with Crippen LogP contribution in [-0.4, -0.2) is 88.4 Å². The predicted octanol–water partition coefficient (Wildman–Crippen LogP) is 2.69. The molecule has 260 valence electrons. The molecule has 0 unspecified atom stereocenters. The lowest BCUT2D eigenvalue weighted by molar-refractivity contribution is -0.0829. The van der Waals surface area contributed by atoms with Gasteiger partial charge >= 0.3 is 0 Å². The van der Waals surface area contributed by atoms with Crippen molar-refractivity contribution < 1.29 is 9.84 Å². The third-order valence-electron chi connectivity index (χ3n) is 10.5. The van der Waals surface area contributed by atoms with Crippen molar-refractivity contribution in [1.82, 2.24) is 38.8 Å². The number of aliphatic hydroxyl groups is 1. The van der Waals surface area contributed by atoms with E-state index in [1.165, 1.54) is 9.25 Å². The maximum absolute atomic E-state index is 13.8. The number of aromatic nitrogens is 7. The van der Waals surface area contributed by atoms with Gasteiger partial charge in [-0.2, -0.15) is 9.78 Å². The maximum atomic E-state index is 13.8. The monoisotopic (exact) mass is 678 g/mol. The molecule has 1 aliphatic carbocycles. The van der Waals surface area contributed by atoms with Gasteiger partial charge in [-0.1, -0.05) is 13.8 Å². The smallest absolute Gasteiger partial charge is 0.297 e. The fourth-order valence-electron chi connectivity index (χ4n) is 7.83. The summed E-state index contributed by atoms with van der Waals surface area (Å²) in [6, 6.07) is 10.3. The summed E-state index contributed by atoms with van der Waals surface area (Å²) in [4.78, 5) is 36.3. The van der Waals surface area contributed by atoms with Gasteiger partial charge in [0.25, 0.3) is 11.1 Å². The highest BCUT2D eigenvalue weighted by atomic mass is 16.5. The number of hydrogen-bond acceptors (Lipinski definition) is 11. The fraction of sp³-hybridized carbons (Fsp3) is 0.444. The Morgan fingerprint density at radius 3 is 2.56 bits per heavy atom. The first-order valence-corrected chi connectivity index (χ1v) is 17.1. The number of fused-ring (bicyclic) bond motifs is 3. The van der Waals surface area contributed by atoms with Gasteiger partial charge in [0.1, 0.15) is 17.5 Å². The SMILES string of the molecule is C[C@@H]1CN(c2ccc(Nc3cc(-c4ccnc(-n5ncn6c7c(cc6c5=O)CC(C)(C)C7)c4CO)cn(C)c3=O)nn2)[C@@H](C)CN1C1COC1. The Morgan fingerprint density at radius 1 is 1.02 bits per heavy atom. The van der Waals surface area contributed by atoms with E-state index in [9.17, 15) is 14.7 Å². The van der Waals surface area contributed by atoms with E-state index in [2.05, 4.69) is 63.1 Å². The van der Waals surface area contributed by atoms with Crippen molar-refractivity contribution in [3.63, 3.8) is 0 Å². The number of piperazine rings is 1. The minimum absolute atomic E-state index is 0.138. The van der Waals surface area contributed by atoms with E-state index in [4.69, 9.17) is 4.74 Å². The van der Waals surface area contributed by atoms with Crippen LogP contribution in [0, 0.1) is 5.41 Å². The number of pyridine rings is 2. The third kappa shape index (κ3) is 5.47. The summed E-state index contributed by atoms with van der Waals surface area (Å²) in [5.74, 6) is 1.45. The first-order chi connectivity index (χ1) is 24.0. The molecule has 5 aromatic heterocycles. The molecule has 5 aromatic rings. The molecule has 0 aromatic carbocycles. The standard InChI is InChI=1S/C36H42N10O4/c1-21-15-44(22(2)14-43(21)25-18-50-19-25)32-7-6-31(40-41-32)39-28-10-24(16-42(5)34(28)48)26-8-9-37-33(27(26)17-47)46-35(49)29-11-23-12-36(3,4)13-30(23)45(29)20-38-46/h6-11,16,20-22,25,47H,12-15,17-19H2,1-5H3,(H,39,40)/t21-,22+/m1/s1. The van der Waals surface area contributed by atoms with E-state index in [1.807, 2.05) is 22.6 Å². The molecule has 2 fully saturated rings. The number of hydrogen-bond donors (Lipinski definition) is 2. The average Bonchev–Trinajstić information content (AvgIpc) is 3.56. The zero-order valence-electron chi connectivity index (χ0n) is 29.0. The largest absolute Gasteiger partial charge is 0.392 e. The van der Waals surface area contributed by atoms with Gasteiger partial charge < -0.3 is 24.6 Å². The van der Waals surface area contributed by atoms with Gasteiger partial charge in [0.2, 0.25) is 0 Å². The van der Waals surface area contributed by atoms with E-state index in [1.54, 1.807) is 37.9 Å². The zero-order valence-corrected chi connectivity index (χ0v) is 29.0. The molecule has 0 amide bonds. The number of rotatable bonds is 7. The molecule has 2 aliphatic heterocycles. The third-order valence-corrected chi connectivity index (χ3v) is 10.5. The number of nitrogens with zero attached hydrogens (tertiary/aromatic N) is 9. The summed E-state index contributed by atoms with van der Waals surface area (Å²) in [5.41, 5.74) is 4.30. The number of nitrogens with one attached hydrogen (secondary N) is 1. The Morgan fingerprint density at radius 2 is 1.84 bits per heavy atom. The molecule has 50 heavy (non-hydrogen) atoms. The molecule has 7 heterocycles. The highest BCUT2D eigenvalue weighted by Gasteiger charge is 2.37. The van der Waals surface area contributed by atoms with Gasteiger partial charge in [-0.15, -0.1) is 10.2 Å². The van der Waals surface area contributed by atoms with E-state index < -0.39 is 6.61 Å². The number of aryl methyl sites for hydroxylation is 1. The molecule has 14 nitrogen and oxygen atoms in total. The highest BCUT2D eigenvalue weighted by Crippen LogP contribution is 2.37. The van der Waals surface area contributed by atoms with E-state index in [0.29, 0.717) is 40.1 Å². The lowest BCUT2D eigenvalue weighted by Gasteiger charge is -2.49. The lowest BCUT2D eigenvalue weighted by atomic mass is 9.90. The Labute approximate surface area is 289 Å². The highest BCUT2D eigenvalue weighted by molar-refractivity contribution is 5.73. The molecular formula is C36H42N10O4. The summed E-state index contributed by atoms with van der Waals surface area (Å²) in [6.07, 6.45) is 6.68. The first kappa shape index (κ1) is 32.3. The van der Waals surface area contributed by atoms with Crippen LogP contribution < -0.4 is 21.3 Å². The quantitative estimate of drug-likeness (QED) is 0.262. The van der Waals surface area contributed by atoms with Crippen LogP contribution >= 0.6 is 0 Å². The molecule has 3 aliphatic rings. The molecule has 8 rings (SSSR count). The van der Waals surface area contributed by atoms with Crippen LogP contribution in [0.3, 0.4) is 0 Å². The van der Waals surface area contributed by atoms with Gasteiger partial charge in [-0.3, -0.25) is 18.9 Å². The van der Waals surface area contributed by atoms with Crippen LogP contribution in [0.2, 0.25) is 0 Å². The van der Waals surface area contributed by atoms with Gasteiger partial charge in [-0.05, 0) is 73.6 Å². The van der Waals surface area contributed by atoms with Crippen molar-refractivity contribution in [1.29, 1.82) is 0 Å². The Hall–Kier alpha value is -4.92. The van der Waals surface area contributed by atoms with Crippen molar-refractivity contribution >= 4 is 22.8 Å². The minimum atomic E-state index is -0.401. The summed E-state index contributed by atoms with van der Waals surface area (Å²) >= 11 is 0. The number of ether oxygens (including phenoxy) is 1. The van der Waals surface area contributed by atoms with Crippen LogP contribution in [-0.2, 0) is 31.2 Å². The van der Waals surface area contributed by atoms with Crippen LogP contribution in [0.4, 0.5) is 17.3 Å². The molecule has 2 saturated heterocycles. The van der Waals surface area contributed by atoms with Crippen molar-refractivity contribution in [2.75, 3.05) is 36.5 Å². The van der Waals surface area contributed by atoms with Crippen molar-refractivity contribution in [3.05, 3.63) is 86.6 Å². The van der Waals surface area contributed by atoms with Gasteiger partial charge in [0.05, 0.1) is 25.9 Å². The Balaban J connectivity index is 1.07. The van der Waals surface area contributed by atoms with Crippen molar-refractivity contribution in [2.45, 2.75) is 65.3 Å². The van der Waals surface area contributed by atoms with E-state index >= 15 is 0 Å². The van der Waals surface area contributed by atoms with Gasteiger partial charge in [0, 0.05) is 61.4 Å². The molecule has 2 N–H and O–H groups in total.